The number of nitrogens with two attached hydrogens (primary N) is 1. The van der Waals surface area contributed by atoms with Crippen molar-refractivity contribution in [2.75, 3.05) is 0 Å². The summed E-state index contributed by atoms with van der Waals surface area (Å²) in [5.41, 5.74) is 7.20. The Bertz CT molecular complexity index is 283. The van der Waals surface area contributed by atoms with Crippen molar-refractivity contribution in [1.82, 2.24) is 5.32 Å². The van der Waals surface area contributed by atoms with Gasteiger partial charge in [-0.05, 0) is 18.9 Å². The van der Waals surface area contributed by atoms with Crippen LogP contribution in [0.25, 0.3) is 0 Å². The van der Waals surface area contributed by atoms with Gasteiger partial charge in [-0.15, -0.1) is 0 Å². The number of hydrogen-bond donors (Lipinski definition) is 2. The van der Waals surface area contributed by atoms with Crippen LogP contribution in [0.1, 0.15) is 32.1 Å². The Balaban J connectivity index is 1.94. The van der Waals surface area contributed by atoms with Crippen molar-refractivity contribution in [3.05, 3.63) is 36.1 Å². The van der Waals surface area contributed by atoms with E-state index >= 15 is 0 Å². The molecule has 1 saturated carbocycles. The van der Waals surface area contributed by atoms with Crippen molar-refractivity contribution in [1.29, 1.82) is 0 Å². The molecule has 0 spiro atoms. The largest absolute Gasteiger partial charge is 0.384 e. The number of allylic oxidation sites excluding steroid dienone is 4. The normalized spacial score (nSPS) is 27.3. The van der Waals surface area contributed by atoms with E-state index in [9.17, 15) is 0 Å². The summed E-state index contributed by atoms with van der Waals surface area (Å²) in [5, 5.41) is 3.58. The van der Waals surface area contributed by atoms with Crippen molar-refractivity contribution >= 4 is 0 Å². The Labute approximate surface area is 91.9 Å². The van der Waals surface area contributed by atoms with Crippen LogP contribution in [0.2, 0.25) is 0 Å². The van der Waals surface area contributed by atoms with E-state index in [0.717, 1.165) is 5.70 Å². The van der Waals surface area contributed by atoms with Gasteiger partial charge < -0.3 is 11.1 Å². The summed E-state index contributed by atoms with van der Waals surface area (Å²) in [7, 11) is 0. The summed E-state index contributed by atoms with van der Waals surface area (Å²) in [5.74, 6) is 0. The van der Waals surface area contributed by atoms with Crippen LogP contribution in [0.3, 0.4) is 0 Å². The van der Waals surface area contributed by atoms with Gasteiger partial charge >= 0.3 is 0 Å². The van der Waals surface area contributed by atoms with Gasteiger partial charge in [0.2, 0.25) is 0 Å². The molecule has 1 fully saturated rings. The molecule has 0 aliphatic heterocycles. The van der Waals surface area contributed by atoms with E-state index in [2.05, 4.69) is 17.5 Å². The summed E-state index contributed by atoms with van der Waals surface area (Å²) >= 11 is 0. The maximum absolute atomic E-state index is 6.04. The fourth-order valence-electron chi connectivity index (χ4n) is 2.25. The minimum absolute atomic E-state index is 0.0296. The highest BCUT2D eigenvalue weighted by atomic mass is 15.0. The van der Waals surface area contributed by atoms with Gasteiger partial charge in [-0.25, -0.2) is 0 Å². The Kier molecular flexibility index (Phi) is 3.62. The molecule has 0 aromatic carbocycles. The molecule has 2 rings (SSSR count). The topological polar surface area (TPSA) is 38.0 Å². The Morgan fingerprint density at radius 2 is 1.87 bits per heavy atom. The van der Waals surface area contributed by atoms with Gasteiger partial charge in [0, 0.05) is 11.7 Å². The van der Waals surface area contributed by atoms with E-state index in [1.807, 2.05) is 18.2 Å². The van der Waals surface area contributed by atoms with E-state index in [1.54, 1.807) is 0 Å². The molecule has 0 saturated heterocycles. The van der Waals surface area contributed by atoms with Crippen molar-refractivity contribution in [3.8, 4) is 0 Å². The average molecular weight is 204 g/mol. The molecule has 2 aliphatic rings. The molecule has 82 valence electrons. The first-order valence-corrected chi connectivity index (χ1v) is 5.93. The van der Waals surface area contributed by atoms with Gasteiger partial charge in [0.1, 0.15) is 0 Å². The second kappa shape index (κ2) is 5.17. The van der Waals surface area contributed by atoms with E-state index in [1.165, 1.54) is 32.1 Å². The second-order valence-corrected chi connectivity index (χ2v) is 4.40. The van der Waals surface area contributed by atoms with Crippen molar-refractivity contribution < 1.29 is 0 Å². The van der Waals surface area contributed by atoms with Crippen LogP contribution in [-0.2, 0) is 0 Å². The third-order valence-electron chi connectivity index (χ3n) is 3.15. The molecule has 0 aromatic heterocycles. The number of nitrogens with one attached hydrogen (secondary N) is 1. The van der Waals surface area contributed by atoms with Crippen LogP contribution < -0.4 is 11.1 Å². The molecule has 3 N–H and O–H groups in total. The molecule has 1 unspecified atom stereocenters. The summed E-state index contributed by atoms with van der Waals surface area (Å²) in [6.07, 6.45) is 16.9. The summed E-state index contributed by atoms with van der Waals surface area (Å²) in [4.78, 5) is 0. The summed E-state index contributed by atoms with van der Waals surface area (Å²) in [6, 6.07) is 0.665. The van der Waals surface area contributed by atoms with Crippen LogP contribution >= 0.6 is 0 Å². The SMILES string of the molecule is NC1C=CC=CC=C1NC1CCCCC1. The first-order chi connectivity index (χ1) is 7.36. The van der Waals surface area contributed by atoms with Crippen LogP contribution in [0.4, 0.5) is 0 Å². The Hall–Kier alpha value is -1.02. The Morgan fingerprint density at radius 3 is 2.67 bits per heavy atom. The van der Waals surface area contributed by atoms with Crippen LogP contribution in [-0.4, -0.2) is 12.1 Å². The summed E-state index contributed by atoms with van der Waals surface area (Å²) < 4.78 is 0. The zero-order chi connectivity index (χ0) is 10.5. The van der Waals surface area contributed by atoms with Crippen LogP contribution in [0.5, 0.6) is 0 Å². The van der Waals surface area contributed by atoms with Crippen LogP contribution in [0.15, 0.2) is 36.1 Å². The molecule has 0 aromatic rings. The lowest BCUT2D eigenvalue weighted by molar-refractivity contribution is 0.392. The average Bonchev–Trinajstić information content (AvgIpc) is 2.46. The zero-order valence-corrected chi connectivity index (χ0v) is 9.15. The minimum atomic E-state index is 0.0296. The standard InChI is InChI=1S/C13H20N2/c14-12-9-5-2-6-10-13(12)15-11-7-3-1-4-8-11/h2,5-6,9-12,15H,1,3-4,7-8,14H2. The maximum atomic E-state index is 6.04. The second-order valence-electron chi connectivity index (χ2n) is 4.40. The predicted molar refractivity (Wildman–Crippen MR) is 64.3 cm³/mol. The highest BCUT2D eigenvalue weighted by Gasteiger charge is 2.15. The molecular formula is C13H20N2. The Morgan fingerprint density at radius 1 is 1.07 bits per heavy atom. The maximum Gasteiger partial charge on any atom is 0.0633 e. The molecule has 0 bridgehead atoms. The molecular weight excluding hydrogens is 184 g/mol. The van der Waals surface area contributed by atoms with Gasteiger partial charge in [0.05, 0.1) is 6.04 Å². The number of rotatable bonds is 2. The van der Waals surface area contributed by atoms with Gasteiger partial charge in [-0.1, -0.05) is 43.6 Å². The smallest absolute Gasteiger partial charge is 0.0633 e. The predicted octanol–water partition coefficient (Wildman–Crippen LogP) is 2.25. The molecule has 1 atom stereocenters. The molecule has 0 radical (unpaired) electrons. The molecule has 2 nitrogen and oxygen atoms in total. The van der Waals surface area contributed by atoms with E-state index in [-0.39, 0.29) is 6.04 Å². The van der Waals surface area contributed by atoms with Gasteiger partial charge in [0.15, 0.2) is 0 Å². The van der Waals surface area contributed by atoms with Crippen molar-refractivity contribution in [2.24, 2.45) is 5.73 Å². The molecule has 0 heterocycles. The molecule has 2 heteroatoms. The highest BCUT2D eigenvalue weighted by Crippen LogP contribution is 2.19. The first-order valence-electron chi connectivity index (χ1n) is 5.93. The van der Waals surface area contributed by atoms with E-state index in [0.29, 0.717) is 6.04 Å². The van der Waals surface area contributed by atoms with Gasteiger partial charge in [-0.2, -0.15) is 0 Å². The molecule has 0 amide bonds. The fourth-order valence-corrected chi connectivity index (χ4v) is 2.25. The third-order valence-corrected chi connectivity index (χ3v) is 3.15. The zero-order valence-electron chi connectivity index (χ0n) is 9.15. The fraction of sp³-hybridized carbons (Fsp3) is 0.538. The van der Waals surface area contributed by atoms with Crippen molar-refractivity contribution in [3.63, 3.8) is 0 Å². The first kappa shape index (κ1) is 10.5. The van der Waals surface area contributed by atoms with Gasteiger partial charge in [0.25, 0.3) is 0 Å². The van der Waals surface area contributed by atoms with Gasteiger partial charge in [-0.3, -0.25) is 0 Å². The highest BCUT2D eigenvalue weighted by molar-refractivity contribution is 5.28. The van der Waals surface area contributed by atoms with Crippen LogP contribution in [0, 0.1) is 0 Å². The van der Waals surface area contributed by atoms with Crippen molar-refractivity contribution in [2.45, 2.75) is 44.2 Å². The van der Waals surface area contributed by atoms with E-state index in [4.69, 9.17) is 5.73 Å². The third kappa shape index (κ3) is 2.96. The molecule has 15 heavy (non-hydrogen) atoms. The summed E-state index contributed by atoms with van der Waals surface area (Å²) in [6.45, 7) is 0. The molecule has 2 aliphatic carbocycles. The number of hydrogen-bond acceptors (Lipinski definition) is 2. The lowest BCUT2D eigenvalue weighted by Crippen LogP contribution is -2.37. The monoisotopic (exact) mass is 204 g/mol. The lowest BCUT2D eigenvalue weighted by Gasteiger charge is -2.26. The quantitative estimate of drug-likeness (QED) is 0.724. The van der Waals surface area contributed by atoms with E-state index < -0.39 is 0 Å². The lowest BCUT2D eigenvalue weighted by atomic mass is 9.95. The minimum Gasteiger partial charge on any atom is -0.384 e.